The molecule has 1 aromatic rings. The van der Waals surface area contributed by atoms with E-state index in [2.05, 4.69) is 0 Å². The number of carbonyl (C=O) groups excluding carboxylic acids is 1. The predicted octanol–water partition coefficient (Wildman–Crippen LogP) is 1.57. The summed E-state index contributed by atoms with van der Waals surface area (Å²) in [5.41, 5.74) is 0.319. The van der Waals surface area contributed by atoms with Crippen LogP contribution in [0.3, 0.4) is 0 Å². The van der Waals surface area contributed by atoms with Gasteiger partial charge < -0.3 is 28.2 Å². The van der Waals surface area contributed by atoms with Crippen LogP contribution < -0.4 is 0 Å². The Balaban J connectivity index is 2.32. The molecule has 7 nitrogen and oxygen atoms in total. The Bertz CT molecular complexity index is 465. The van der Waals surface area contributed by atoms with Crippen LogP contribution in [0.2, 0.25) is 6.04 Å². The minimum absolute atomic E-state index is 0.0728. The van der Waals surface area contributed by atoms with Crippen LogP contribution >= 0.6 is 0 Å². The lowest BCUT2D eigenvalue weighted by atomic mass is 10.2. The Morgan fingerprint density at radius 1 is 1.13 bits per heavy atom. The Morgan fingerprint density at radius 2 is 1.70 bits per heavy atom. The molecule has 1 rings (SSSR count). The highest BCUT2D eigenvalue weighted by molar-refractivity contribution is 6.60. The topological polar surface area (TPSA) is 94.5 Å². The summed E-state index contributed by atoms with van der Waals surface area (Å²) in [6.45, 7) is -0.0960. The van der Waals surface area contributed by atoms with Crippen LogP contribution in [-0.2, 0) is 18.0 Å². The number of phenols is 1. The summed E-state index contributed by atoms with van der Waals surface area (Å²) in [5.74, 6) is -0.470. The van der Waals surface area contributed by atoms with Crippen molar-refractivity contribution in [3.63, 3.8) is 0 Å². The van der Waals surface area contributed by atoms with Gasteiger partial charge >= 0.3 is 14.8 Å². The first-order valence-corrected chi connectivity index (χ1v) is 9.19. The van der Waals surface area contributed by atoms with Crippen LogP contribution in [0.25, 0.3) is 0 Å². The number of ether oxygens (including phenoxy) is 1. The third-order valence-electron chi connectivity index (χ3n) is 3.46. The highest BCUT2D eigenvalue weighted by Crippen LogP contribution is 2.17. The number of phenolic OH excluding ortho intramolecular Hbond substituents is 1. The Morgan fingerprint density at radius 3 is 2.22 bits per heavy atom. The van der Waals surface area contributed by atoms with E-state index in [0.29, 0.717) is 24.4 Å². The van der Waals surface area contributed by atoms with Crippen molar-refractivity contribution in [3.8, 4) is 5.75 Å². The summed E-state index contributed by atoms with van der Waals surface area (Å²) < 4.78 is 20.9. The van der Waals surface area contributed by atoms with Gasteiger partial charge in [-0.3, -0.25) is 0 Å². The summed E-state index contributed by atoms with van der Waals surface area (Å²) in [6.07, 6.45) is 0.293. The average molecular weight is 344 g/mol. The largest absolute Gasteiger partial charge is 0.508 e. The van der Waals surface area contributed by atoms with Crippen molar-refractivity contribution in [3.05, 3.63) is 29.8 Å². The first kappa shape index (κ1) is 19.6. The van der Waals surface area contributed by atoms with Crippen molar-refractivity contribution in [1.82, 2.24) is 0 Å². The molecule has 1 aromatic carbocycles. The molecule has 2 N–H and O–H groups in total. The molecule has 0 aromatic heterocycles. The van der Waals surface area contributed by atoms with Gasteiger partial charge in [-0.25, -0.2) is 4.79 Å². The summed E-state index contributed by atoms with van der Waals surface area (Å²) in [5, 5.41) is 19.0. The monoisotopic (exact) mass is 344 g/mol. The molecule has 0 spiro atoms. The number of carbonyl (C=O) groups is 1. The maximum absolute atomic E-state index is 11.8. The lowest BCUT2D eigenvalue weighted by molar-refractivity contribution is 0.0232. The maximum atomic E-state index is 11.8. The van der Waals surface area contributed by atoms with Crippen LogP contribution in [0.15, 0.2) is 24.3 Å². The molecular weight excluding hydrogens is 320 g/mol. The van der Waals surface area contributed by atoms with E-state index in [0.717, 1.165) is 0 Å². The van der Waals surface area contributed by atoms with Crippen LogP contribution in [0.4, 0.5) is 0 Å². The molecule has 0 aliphatic rings. The van der Waals surface area contributed by atoms with E-state index in [1.54, 1.807) is 0 Å². The summed E-state index contributed by atoms with van der Waals surface area (Å²) in [7, 11) is 1.98. The van der Waals surface area contributed by atoms with Crippen LogP contribution in [0, 0.1) is 0 Å². The average Bonchev–Trinajstić information content (AvgIpc) is 2.57. The van der Waals surface area contributed by atoms with Crippen LogP contribution in [0.5, 0.6) is 5.75 Å². The second-order valence-corrected chi connectivity index (χ2v) is 8.08. The third kappa shape index (κ3) is 6.28. The summed E-state index contributed by atoms with van der Waals surface area (Å²) in [6, 6.07) is 6.29. The number of aliphatic hydroxyl groups excluding tert-OH is 1. The molecule has 0 saturated carbocycles. The SMILES string of the molecule is CO[Si](CCCC(O)COC(=O)c1ccc(O)cc1)(OC)OC. The first-order chi connectivity index (χ1) is 11.0. The molecule has 0 fully saturated rings. The molecule has 1 atom stereocenters. The second-order valence-electron chi connectivity index (χ2n) is 4.99. The number of aromatic hydroxyl groups is 1. The van der Waals surface area contributed by atoms with Gasteiger partial charge in [-0.2, -0.15) is 0 Å². The fraction of sp³-hybridized carbons (Fsp3) is 0.533. The normalized spacial score (nSPS) is 12.9. The molecule has 0 aliphatic heterocycles. The fourth-order valence-corrected chi connectivity index (χ4v) is 3.80. The zero-order chi connectivity index (χ0) is 17.3. The predicted molar refractivity (Wildman–Crippen MR) is 85.2 cm³/mol. The van der Waals surface area contributed by atoms with E-state index in [-0.39, 0.29) is 12.4 Å². The Labute approximate surface area is 137 Å². The van der Waals surface area contributed by atoms with Gasteiger partial charge in [0.15, 0.2) is 0 Å². The van der Waals surface area contributed by atoms with Crippen molar-refractivity contribution >= 4 is 14.8 Å². The lowest BCUT2D eigenvalue weighted by Gasteiger charge is -2.24. The van der Waals surface area contributed by atoms with Gasteiger partial charge in [0.05, 0.1) is 11.7 Å². The minimum Gasteiger partial charge on any atom is -0.508 e. The minimum atomic E-state index is -2.63. The number of hydrogen-bond donors (Lipinski definition) is 2. The van der Waals surface area contributed by atoms with Crippen molar-refractivity contribution in [2.75, 3.05) is 27.9 Å². The van der Waals surface area contributed by atoms with Crippen molar-refractivity contribution < 1.29 is 33.0 Å². The van der Waals surface area contributed by atoms with E-state index in [4.69, 9.17) is 23.1 Å². The lowest BCUT2D eigenvalue weighted by Crippen LogP contribution is -2.42. The summed E-state index contributed by atoms with van der Waals surface area (Å²) in [4.78, 5) is 11.8. The maximum Gasteiger partial charge on any atom is 0.500 e. The molecular formula is C15H24O7Si. The van der Waals surface area contributed by atoms with Gasteiger partial charge in [-0.15, -0.1) is 0 Å². The number of hydrogen-bond acceptors (Lipinski definition) is 7. The second kappa shape index (κ2) is 9.63. The molecule has 0 aliphatic carbocycles. The number of aliphatic hydroxyl groups is 1. The van der Waals surface area contributed by atoms with Crippen LogP contribution in [0.1, 0.15) is 23.2 Å². The Hall–Kier alpha value is -1.45. The van der Waals surface area contributed by atoms with Gasteiger partial charge in [0.25, 0.3) is 0 Å². The first-order valence-electron chi connectivity index (χ1n) is 7.26. The van der Waals surface area contributed by atoms with Gasteiger partial charge in [-0.05, 0) is 37.1 Å². The third-order valence-corrected chi connectivity index (χ3v) is 6.30. The summed E-state index contributed by atoms with van der Waals surface area (Å²) >= 11 is 0. The van der Waals surface area contributed by atoms with Gasteiger partial charge in [-0.1, -0.05) is 0 Å². The van der Waals surface area contributed by atoms with Crippen LogP contribution in [-0.4, -0.2) is 59.0 Å². The smallest absolute Gasteiger partial charge is 0.500 e. The molecule has 8 heteroatoms. The molecule has 0 amide bonds. The van der Waals surface area contributed by atoms with E-state index in [1.165, 1.54) is 45.6 Å². The molecule has 0 bridgehead atoms. The van der Waals surface area contributed by atoms with Crippen molar-refractivity contribution in [2.45, 2.75) is 25.0 Å². The van der Waals surface area contributed by atoms with E-state index >= 15 is 0 Å². The Kier molecular flexibility index (Phi) is 8.21. The van der Waals surface area contributed by atoms with Gasteiger partial charge in [0, 0.05) is 27.4 Å². The fourth-order valence-electron chi connectivity index (χ4n) is 2.05. The number of rotatable bonds is 10. The quantitative estimate of drug-likeness (QED) is 0.491. The van der Waals surface area contributed by atoms with Crippen molar-refractivity contribution in [1.29, 1.82) is 0 Å². The van der Waals surface area contributed by atoms with Gasteiger partial charge in [0.1, 0.15) is 12.4 Å². The van der Waals surface area contributed by atoms with E-state index in [9.17, 15) is 9.90 Å². The molecule has 23 heavy (non-hydrogen) atoms. The zero-order valence-corrected chi connectivity index (χ0v) is 14.7. The van der Waals surface area contributed by atoms with Crippen molar-refractivity contribution in [2.24, 2.45) is 0 Å². The molecule has 130 valence electrons. The molecule has 1 unspecified atom stereocenters. The molecule has 0 heterocycles. The molecule has 0 saturated heterocycles. The number of benzene rings is 1. The molecule has 0 radical (unpaired) electrons. The number of esters is 1. The highest BCUT2D eigenvalue weighted by atomic mass is 28.4. The van der Waals surface area contributed by atoms with Gasteiger partial charge in [0.2, 0.25) is 0 Å². The zero-order valence-electron chi connectivity index (χ0n) is 13.7. The van der Waals surface area contributed by atoms with E-state index in [1.807, 2.05) is 0 Å². The van der Waals surface area contributed by atoms with E-state index < -0.39 is 20.9 Å². The standard InChI is InChI=1S/C15H24O7Si/c1-19-23(20-2,21-3)10-4-5-14(17)11-22-15(18)12-6-8-13(16)9-7-12/h6-9,14,16-17H,4-5,10-11H2,1-3H3. The highest BCUT2D eigenvalue weighted by Gasteiger charge is 2.37.